The van der Waals surface area contributed by atoms with Crippen LogP contribution in [-0.4, -0.2) is 19.6 Å². The van der Waals surface area contributed by atoms with E-state index in [9.17, 15) is 4.79 Å². The second kappa shape index (κ2) is 9.11. The predicted molar refractivity (Wildman–Crippen MR) is 122 cm³/mol. The monoisotopic (exact) mass is 407 g/mol. The van der Waals surface area contributed by atoms with Crippen molar-refractivity contribution in [1.29, 1.82) is 0 Å². The first kappa shape index (κ1) is 20.8. The molecule has 2 aliphatic carbocycles. The molecular weight excluding hydrogens is 374 g/mol. The third kappa shape index (κ3) is 4.19. The average Bonchev–Trinajstić information content (AvgIpc) is 3.13. The number of nitrogens with one attached hydrogen (secondary N) is 1. The molecule has 1 aromatic carbocycles. The van der Waals surface area contributed by atoms with Gasteiger partial charge in [-0.05, 0) is 76.9 Å². The van der Waals surface area contributed by atoms with Gasteiger partial charge in [0.05, 0.1) is 7.11 Å². The molecule has 4 rings (SSSR count). The van der Waals surface area contributed by atoms with Crippen LogP contribution in [0.4, 0.5) is 0 Å². The van der Waals surface area contributed by atoms with Crippen LogP contribution in [0, 0.1) is 6.92 Å². The zero-order chi connectivity index (χ0) is 21.1. The molecule has 1 N–H and O–H groups in total. The summed E-state index contributed by atoms with van der Waals surface area (Å²) in [5, 5.41) is 4.23. The molecule has 4 heteroatoms. The van der Waals surface area contributed by atoms with Crippen molar-refractivity contribution in [3.05, 3.63) is 46.2 Å². The second-order valence-electron chi connectivity index (χ2n) is 8.65. The number of methoxy groups -OCH3 is 1. The summed E-state index contributed by atoms with van der Waals surface area (Å²) in [5.41, 5.74) is 6.65. The lowest BCUT2D eigenvalue weighted by molar-refractivity contribution is -0.116. The molecule has 0 fully saturated rings. The molecule has 0 atom stereocenters. The SMILES string of the molecule is COc1c(/C(C)=C/C(=O)NCCC2=CCCCC2)cc2c3c(oc2c1C)CCCC3. The van der Waals surface area contributed by atoms with E-state index in [1.54, 1.807) is 13.2 Å². The van der Waals surface area contributed by atoms with E-state index < -0.39 is 0 Å². The summed E-state index contributed by atoms with van der Waals surface area (Å²) in [6.45, 7) is 4.72. The Hall–Kier alpha value is -2.49. The second-order valence-corrected chi connectivity index (χ2v) is 8.65. The number of carbonyl (C=O) groups is 1. The van der Waals surface area contributed by atoms with Crippen molar-refractivity contribution in [3.8, 4) is 5.75 Å². The van der Waals surface area contributed by atoms with E-state index >= 15 is 0 Å². The number of aryl methyl sites for hydroxylation is 3. The third-order valence-electron chi connectivity index (χ3n) is 6.53. The normalized spacial score (nSPS) is 16.9. The number of amides is 1. The van der Waals surface area contributed by atoms with Gasteiger partial charge in [0, 0.05) is 41.1 Å². The highest BCUT2D eigenvalue weighted by atomic mass is 16.5. The summed E-state index contributed by atoms with van der Waals surface area (Å²) >= 11 is 0. The molecule has 1 aromatic heterocycles. The van der Waals surface area contributed by atoms with Gasteiger partial charge in [-0.15, -0.1) is 0 Å². The molecule has 0 aliphatic heterocycles. The molecule has 0 unspecified atom stereocenters. The predicted octanol–water partition coefficient (Wildman–Crippen LogP) is 6.04. The lowest BCUT2D eigenvalue weighted by Gasteiger charge is -2.14. The molecule has 0 bridgehead atoms. The minimum absolute atomic E-state index is 0.0436. The fraction of sp³-hybridized carbons (Fsp3) is 0.500. The van der Waals surface area contributed by atoms with Crippen LogP contribution in [0.25, 0.3) is 16.5 Å². The zero-order valence-electron chi connectivity index (χ0n) is 18.5. The lowest BCUT2D eigenvalue weighted by Crippen LogP contribution is -2.23. The molecule has 2 aliphatic rings. The Morgan fingerprint density at radius 1 is 1.20 bits per heavy atom. The van der Waals surface area contributed by atoms with Gasteiger partial charge < -0.3 is 14.5 Å². The van der Waals surface area contributed by atoms with Crippen LogP contribution in [0.15, 0.2) is 28.2 Å². The summed E-state index contributed by atoms with van der Waals surface area (Å²) < 4.78 is 11.9. The summed E-state index contributed by atoms with van der Waals surface area (Å²) in [6.07, 6.45) is 14.4. The first-order valence-electron chi connectivity index (χ1n) is 11.3. The first-order valence-corrected chi connectivity index (χ1v) is 11.3. The molecular formula is C26H33NO3. The van der Waals surface area contributed by atoms with Crippen molar-refractivity contribution >= 4 is 22.4 Å². The number of hydrogen-bond donors (Lipinski definition) is 1. The van der Waals surface area contributed by atoms with Crippen LogP contribution in [0.3, 0.4) is 0 Å². The molecule has 2 aromatic rings. The average molecular weight is 408 g/mol. The fourth-order valence-corrected chi connectivity index (χ4v) is 4.90. The van der Waals surface area contributed by atoms with Gasteiger partial charge in [-0.25, -0.2) is 0 Å². The molecule has 0 saturated carbocycles. The van der Waals surface area contributed by atoms with E-state index in [0.29, 0.717) is 6.54 Å². The van der Waals surface area contributed by atoms with Crippen molar-refractivity contribution in [2.24, 2.45) is 0 Å². The van der Waals surface area contributed by atoms with Crippen LogP contribution >= 0.6 is 0 Å². The van der Waals surface area contributed by atoms with Crippen molar-refractivity contribution in [2.75, 3.05) is 13.7 Å². The highest BCUT2D eigenvalue weighted by Gasteiger charge is 2.23. The fourth-order valence-electron chi connectivity index (χ4n) is 4.90. The lowest BCUT2D eigenvalue weighted by atomic mass is 9.93. The van der Waals surface area contributed by atoms with E-state index in [2.05, 4.69) is 17.5 Å². The summed E-state index contributed by atoms with van der Waals surface area (Å²) in [5.74, 6) is 1.87. The standard InChI is InChI=1S/C26H33NO3/c1-17(15-24(28)27-14-13-19-9-5-4-6-10-19)21-16-22-20-11-7-8-12-23(20)30-26(22)18(2)25(21)29-3/h9,15-16H,4-8,10-14H2,1-3H3,(H,27,28)/b17-15+. The summed E-state index contributed by atoms with van der Waals surface area (Å²) in [4.78, 5) is 12.5. The van der Waals surface area contributed by atoms with Gasteiger partial charge in [-0.2, -0.15) is 0 Å². The van der Waals surface area contributed by atoms with Gasteiger partial charge in [0.15, 0.2) is 0 Å². The van der Waals surface area contributed by atoms with E-state index in [-0.39, 0.29) is 5.91 Å². The van der Waals surface area contributed by atoms with Crippen LogP contribution in [0.1, 0.15) is 74.3 Å². The number of fused-ring (bicyclic) bond motifs is 3. The van der Waals surface area contributed by atoms with Gasteiger partial charge >= 0.3 is 0 Å². The third-order valence-corrected chi connectivity index (χ3v) is 6.53. The van der Waals surface area contributed by atoms with Crippen molar-refractivity contribution < 1.29 is 13.9 Å². The molecule has 0 saturated heterocycles. The number of allylic oxidation sites excluding steroid dienone is 2. The first-order chi connectivity index (χ1) is 14.6. The van der Waals surface area contributed by atoms with Crippen LogP contribution in [0.5, 0.6) is 5.75 Å². The highest BCUT2D eigenvalue weighted by molar-refractivity contribution is 5.98. The van der Waals surface area contributed by atoms with Crippen molar-refractivity contribution in [3.63, 3.8) is 0 Å². The molecule has 1 amide bonds. The Kier molecular flexibility index (Phi) is 6.31. The van der Waals surface area contributed by atoms with Gasteiger partial charge in [-0.1, -0.05) is 11.6 Å². The van der Waals surface area contributed by atoms with E-state index in [1.807, 2.05) is 13.8 Å². The van der Waals surface area contributed by atoms with E-state index in [1.165, 1.54) is 55.0 Å². The molecule has 4 nitrogen and oxygen atoms in total. The Balaban J connectivity index is 1.56. The Morgan fingerprint density at radius 3 is 2.77 bits per heavy atom. The topological polar surface area (TPSA) is 51.5 Å². The minimum Gasteiger partial charge on any atom is -0.496 e. The number of rotatable bonds is 6. The molecule has 160 valence electrons. The van der Waals surface area contributed by atoms with E-state index in [0.717, 1.165) is 53.1 Å². The number of benzene rings is 1. The molecule has 0 radical (unpaired) electrons. The van der Waals surface area contributed by atoms with Crippen LogP contribution in [0.2, 0.25) is 0 Å². The zero-order valence-corrected chi connectivity index (χ0v) is 18.5. The summed E-state index contributed by atoms with van der Waals surface area (Å²) in [7, 11) is 1.69. The van der Waals surface area contributed by atoms with Crippen molar-refractivity contribution in [1.82, 2.24) is 5.32 Å². The van der Waals surface area contributed by atoms with Crippen LogP contribution < -0.4 is 10.1 Å². The maximum absolute atomic E-state index is 12.5. The van der Waals surface area contributed by atoms with Gasteiger partial charge in [0.25, 0.3) is 0 Å². The number of hydrogen-bond acceptors (Lipinski definition) is 3. The Morgan fingerprint density at radius 2 is 2.00 bits per heavy atom. The van der Waals surface area contributed by atoms with Gasteiger partial charge in [0.1, 0.15) is 17.1 Å². The maximum Gasteiger partial charge on any atom is 0.244 e. The number of furan rings is 1. The molecule has 30 heavy (non-hydrogen) atoms. The smallest absolute Gasteiger partial charge is 0.244 e. The quantitative estimate of drug-likeness (QED) is 0.469. The number of carbonyl (C=O) groups excluding carboxylic acids is 1. The maximum atomic E-state index is 12.5. The van der Waals surface area contributed by atoms with E-state index in [4.69, 9.17) is 9.15 Å². The minimum atomic E-state index is -0.0436. The Bertz CT molecular complexity index is 1010. The largest absolute Gasteiger partial charge is 0.496 e. The van der Waals surface area contributed by atoms with Crippen molar-refractivity contribution in [2.45, 2.75) is 71.6 Å². The molecule has 1 heterocycles. The van der Waals surface area contributed by atoms with Gasteiger partial charge in [-0.3, -0.25) is 4.79 Å². The number of ether oxygens (including phenoxy) is 1. The summed E-state index contributed by atoms with van der Waals surface area (Å²) in [6, 6.07) is 2.15. The molecule has 0 spiro atoms. The van der Waals surface area contributed by atoms with Gasteiger partial charge in [0.2, 0.25) is 5.91 Å². The van der Waals surface area contributed by atoms with Crippen LogP contribution in [-0.2, 0) is 17.6 Å². The highest BCUT2D eigenvalue weighted by Crippen LogP contribution is 2.41. The Labute approximate surface area is 179 Å².